The lowest BCUT2D eigenvalue weighted by molar-refractivity contribution is 0.234. The van der Waals surface area contributed by atoms with Crippen LogP contribution in [0.4, 0.5) is 0 Å². The van der Waals surface area contributed by atoms with Gasteiger partial charge in [-0.1, -0.05) is 50.8 Å². The van der Waals surface area contributed by atoms with Crippen LogP contribution in [0.5, 0.6) is 0 Å². The van der Waals surface area contributed by atoms with Crippen LogP contribution in [-0.2, 0) is 0 Å². The SMILES string of the molecule is CCCC1CCC(C(N)c2ccc(C)c(C)c2)CC1. The summed E-state index contributed by atoms with van der Waals surface area (Å²) in [6.07, 6.45) is 8.15. The third kappa shape index (κ3) is 3.60. The van der Waals surface area contributed by atoms with E-state index in [1.807, 2.05) is 0 Å². The molecule has 106 valence electrons. The molecule has 1 aromatic carbocycles. The molecule has 1 aliphatic carbocycles. The minimum atomic E-state index is 0.238. The van der Waals surface area contributed by atoms with Gasteiger partial charge in [-0.2, -0.15) is 0 Å². The Bertz CT molecular complexity index is 402. The molecule has 1 heteroatoms. The van der Waals surface area contributed by atoms with Gasteiger partial charge in [0.1, 0.15) is 0 Å². The van der Waals surface area contributed by atoms with E-state index in [2.05, 4.69) is 39.0 Å². The largest absolute Gasteiger partial charge is 0.324 e. The molecule has 1 aliphatic rings. The zero-order valence-electron chi connectivity index (χ0n) is 12.8. The first-order valence-corrected chi connectivity index (χ1v) is 7.94. The van der Waals surface area contributed by atoms with Gasteiger partial charge >= 0.3 is 0 Å². The summed E-state index contributed by atoms with van der Waals surface area (Å²) in [4.78, 5) is 0. The highest BCUT2D eigenvalue weighted by Gasteiger charge is 2.26. The Morgan fingerprint density at radius 2 is 1.79 bits per heavy atom. The standard InChI is InChI=1S/C18H29N/c1-4-5-15-7-10-16(11-8-15)18(19)17-9-6-13(2)14(3)12-17/h6,9,12,15-16,18H,4-5,7-8,10-11,19H2,1-3H3. The van der Waals surface area contributed by atoms with Gasteiger partial charge in [0.15, 0.2) is 0 Å². The average Bonchev–Trinajstić information content (AvgIpc) is 2.42. The molecule has 0 bridgehead atoms. The highest BCUT2D eigenvalue weighted by atomic mass is 14.7. The van der Waals surface area contributed by atoms with Gasteiger partial charge in [-0.3, -0.25) is 0 Å². The number of nitrogens with two attached hydrogens (primary N) is 1. The number of aryl methyl sites for hydroxylation is 2. The van der Waals surface area contributed by atoms with Crippen LogP contribution in [0.15, 0.2) is 18.2 Å². The Morgan fingerprint density at radius 1 is 1.11 bits per heavy atom. The van der Waals surface area contributed by atoms with E-state index in [-0.39, 0.29) is 6.04 Å². The molecule has 2 rings (SSSR count). The van der Waals surface area contributed by atoms with Crippen molar-refractivity contribution in [3.05, 3.63) is 34.9 Å². The number of rotatable bonds is 4. The van der Waals surface area contributed by atoms with Gasteiger partial charge in [-0.25, -0.2) is 0 Å². The molecule has 1 nitrogen and oxygen atoms in total. The molecule has 0 amide bonds. The first kappa shape index (κ1) is 14.6. The molecule has 1 atom stereocenters. The molecule has 1 fully saturated rings. The van der Waals surface area contributed by atoms with Gasteiger partial charge < -0.3 is 5.73 Å². The van der Waals surface area contributed by atoms with E-state index in [0.29, 0.717) is 5.92 Å². The smallest absolute Gasteiger partial charge is 0.0323 e. The van der Waals surface area contributed by atoms with Crippen molar-refractivity contribution in [3.8, 4) is 0 Å². The second kappa shape index (κ2) is 6.56. The van der Waals surface area contributed by atoms with Gasteiger partial charge in [0.2, 0.25) is 0 Å². The highest BCUT2D eigenvalue weighted by Crippen LogP contribution is 2.37. The summed E-state index contributed by atoms with van der Waals surface area (Å²) in [6.45, 7) is 6.65. The van der Waals surface area contributed by atoms with Crippen molar-refractivity contribution < 1.29 is 0 Å². The van der Waals surface area contributed by atoms with E-state index in [1.165, 1.54) is 55.2 Å². The molecule has 0 spiro atoms. The second-order valence-electron chi connectivity index (χ2n) is 6.44. The molecular formula is C18H29N. The van der Waals surface area contributed by atoms with E-state index >= 15 is 0 Å². The van der Waals surface area contributed by atoms with E-state index in [9.17, 15) is 0 Å². The summed E-state index contributed by atoms with van der Waals surface area (Å²) in [5, 5.41) is 0. The summed E-state index contributed by atoms with van der Waals surface area (Å²) in [5.74, 6) is 1.66. The Kier molecular flexibility index (Phi) is 5.04. The molecule has 19 heavy (non-hydrogen) atoms. The molecule has 0 aromatic heterocycles. The molecule has 2 N–H and O–H groups in total. The Labute approximate surface area is 118 Å². The lowest BCUT2D eigenvalue weighted by Gasteiger charge is -2.32. The van der Waals surface area contributed by atoms with Crippen molar-refractivity contribution in [1.82, 2.24) is 0 Å². The van der Waals surface area contributed by atoms with Crippen LogP contribution < -0.4 is 5.73 Å². The normalized spacial score (nSPS) is 25.3. The topological polar surface area (TPSA) is 26.0 Å². The van der Waals surface area contributed by atoms with Gasteiger partial charge in [-0.15, -0.1) is 0 Å². The Morgan fingerprint density at radius 3 is 2.37 bits per heavy atom. The molecule has 1 saturated carbocycles. The predicted octanol–water partition coefficient (Wildman–Crippen LogP) is 4.91. The van der Waals surface area contributed by atoms with Crippen LogP contribution in [0.25, 0.3) is 0 Å². The quantitative estimate of drug-likeness (QED) is 0.817. The van der Waals surface area contributed by atoms with Crippen molar-refractivity contribution in [2.24, 2.45) is 17.6 Å². The summed E-state index contributed by atoms with van der Waals surface area (Å²) in [5.41, 5.74) is 10.6. The third-order valence-electron chi connectivity index (χ3n) is 5.01. The number of hydrogen-bond donors (Lipinski definition) is 1. The summed E-state index contributed by atoms with van der Waals surface area (Å²) in [6, 6.07) is 6.97. The summed E-state index contributed by atoms with van der Waals surface area (Å²) >= 11 is 0. The Balaban J connectivity index is 1.97. The fourth-order valence-electron chi connectivity index (χ4n) is 3.49. The van der Waals surface area contributed by atoms with Crippen LogP contribution in [-0.4, -0.2) is 0 Å². The first-order chi connectivity index (χ1) is 9.11. The van der Waals surface area contributed by atoms with Crippen molar-refractivity contribution in [2.75, 3.05) is 0 Å². The van der Waals surface area contributed by atoms with Crippen molar-refractivity contribution in [1.29, 1.82) is 0 Å². The maximum absolute atomic E-state index is 6.51. The second-order valence-corrected chi connectivity index (χ2v) is 6.44. The molecule has 0 aliphatic heterocycles. The van der Waals surface area contributed by atoms with Crippen molar-refractivity contribution >= 4 is 0 Å². The summed E-state index contributed by atoms with van der Waals surface area (Å²) in [7, 11) is 0. The molecule has 1 unspecified atom stereocenters. The summed E-state index contributed by atoms with van der Waals surface area (Å²) < 4.78 is 0. The fraction of sp³-hybridized carbons (Fsp3) is 0.667. The van der Waals surface area contributed by atoms with Crippen LogP contribution in [0.1, 0.15) is 68.2 Å². The van der Waals surface area contributed by atoms with Crippen LogP contribution in [0, 0.1) is 25.7 Å². The highest BCUT2D eigenvalue weighted by molar-refractivity contribution is 5.31. The van der Waals surface area contributed by atoms with E-state index in [0.717, 1.165) is 5.92 Å². The fourth-order valence-corrected chi connectivity index (χ4v) is 3.49. The minimum Gasteiger partial charge on any atom is -0.324 e. The number of hydrogen-bond acceptors (Lipinski definition) is 1. The molecule has 0 heterocycles. The minimum absolute atomic E-state index is 0.238. The van der Waals surface area contributed by atoms with E-state index in [1.54, 1.807) is 0 Å². The molecule has 0 radical (unpaired) electrons. The van der Waals surface area contributed by atoms with E-state index in [4.69, 9.17) is 5.73 Å². The van der Waals surface area contributed by atoms with Gasteiger partial charge in [0.05, 0.1) is 0 Å². The maximum atomic E-state index is 6.51. The van der Waals surface area contributed by atoms with Crippen LogP contribution >= 0.6 is 0 Å². The zero-order valence-corrected chi connectivity index (χ0v) is 12.8. The monoisotopic (exact) mass is 259 g/mol. The van der Waals surface area contributed by atoms with Crippen LogP contribution in [0.2, 0.25) is 0 Å². The number of benzene rings is 1. The van der Waals surface area contributed by atoms with Gasteiger partial charge in [-0.05, 0) is 55.2 Å². The third-order valence-corrected chi connectivity index (χ3v) is 5.01. The van der Waals surface area contributed by atoms with Crippen LogP contribution in [0.3, 0.4) is 0 Å². The molecule has 0 saturated heterocycles. The molecular weight excluding hydrogens is 230 g/mol. The first-order valence-electron chi connectivity index (χ1n) is 7.94. The lowest BCUT2D eigenvalue weighted by Crippen LogP contribution is -2.26. The molecule has 1 aromatic rings. The van der Waals surface area contributed by atoms with Crippen molar-refractivity contribution in [2.45, 2.75) is 65.3 Å². The average molecular weight is 259 g/mol. The maximum Gasteiger partial charge on any atom is 0.0323 e. The zero-order chi connectivity index (χ0) is 13.8. The Hall–Kier alpha value is -0.820. The predicted molar refractivity (Wildman–Crippen MR) is 83.2 cm³/mol. The van der Waals surface area contributed by atoms with Gasteiger partial charge in [0.25, 0.3) is 0 Å². The van der Waals surface area contributed by atoms with Gasteiger partial charge in [0, 0.05) is 6.04 Å². The van der Waals surface area contributed by atoms with Crippen molar-refractivity contribution in [3.63, 3.8) is 0 Å². The lowest BCUT2D eigenvalue weighted by atomic mass is 9.75. The van der Waals surface area contributed by atoms with E-state index < -0.39 is 0 Å².